The Morgan fingerprint density at radius 2 is 2.07 bits per heavy atom. The highest BCUT2D eigenvalue weighted by molar-refractivity contribution is 6.30. The molecule has 1 heterocycles. The van der Waals surface area contributed by atoms with Gasteiger partial charge in [-0.2, -0.15) is 0 Å². The molecule has 1 aromatic rings. The van der Waals surface area contributed by atoms with Crippen molar-refractivity contribution < 1.29 is 5.11 Å². The van der Waals surface area contributed by atoms with E-state index in [2.05, 4.69) is 4.98 Å². The molecule has 4 heteroatoms. The Morgan fingerprint density at radius 3 is 2.71 bits per heavy atom. The van der Waals surface area contributed by atoms with Crippen LogP contribution in [0.3, 0.4) is 0 Å². The summed E-state index contributed by atoms with van der Waals surface area (Å²) < 4.78 is 0. The van der Waals surface area contributed by atoms with Crippen molar-refractivity contribution in [1.29, 1.82) is 0 Å². The van der Waals surface area contributed by atoms with Crippen molar-refractivity contribution >= 4 is 17.4 Å². The molecule has 1 aliphatic rings. The molecule has 1 aliphatic carbocycles. The quantitative estimate of drug-likeness (QED) is 0.750. The number of nitrogens with two attached hydrogens (primary N) is 1. The van der Waals surface area contributed by atoms with Crippen LogP contribution in [0.2, 0.25) is 5.02 Å². The highest BCUT2D eigenvalue weighted by atomic mass is 35.5. The van der Waals surface area contributed by atoms with Gasteiger partial charge in [0.1, 0.15) is 5.82 Å². The molecule has 0 unspecified atom stereocenters. The standard InChI is InChI=1S/C10H13ClN2O/c11-7-5-8(9(12)13-6-7)10(14)3-1-2-4-10/h5-6,14H,1-4H2,(H2,12,13). The first-order valence-corrected chi connectivity index (χ1v) is 5.13. The van der Waals surface area contributed by atoms with E-state index >= 15 is 0 Å². The van der Waals surface area contributed by atoms with Crippen LogP contribution in [0.15, 0.2) is 12.3 Å². The van der Waals surface area contributed by atoms with Crippen LogP contribution in [0.5, 0.6) is 0 Å². The highest BCUT2D eigenvalue weighted by Crippen LogP contribution is 2.40. The number of hydrogen-bond donors (Lipinski definition) is 2. The average Bonchev–Trinajstić information content (AvgIpc) is 2.58. The van der Waals surface area contributed by atoms with Crippen molar-refractivity contribution in [3.05, 3.63) is 22.8 Å². The second-order valence-corrected chi connectivity index (χ2v) is 4.26. The molecule has 14 heavy (non-hydrogen) atoms. The van der Waals surface area contributed by atoms with Crippen LogP contribution in [0.4, 0.5) is 5.82 Å². The minimum atomic E-state index is -0.804. The first-order valence-electron chi connectivity index (χ1n) is 4.76. The molecule has 1 saturated carbocycles. The van der Waals surface area contributed by atoms with Gasteiger partial charge in [0.05, 0.1) is 10.6 Å². The summed E-state index contributed by atoms with van der Waals surface area (Å²) in [4.78, 5) is 3.95. The molecule has 0 saturated heterocycles. The fourth-order valence-corrected chi connectivity index (χ4v) is 2.21. The normalized spacial score (nSPS) is 19.9. The average molecular weight is 213 g/mol. The Hall–Kier alpha value is -0.800. The summed E-state index contributed by atoms with van der Waals surface area (Å²) >= 11 is 5.83. The zero-order chi connectivity index (χ0) is 10.2. The van der Waals surface area contributed by atoms with Gasteiger partial charge in [0, 0.05) is 11.8 Å². The van der Waals surface area contributed by atoms with Crippen molar-refractivity contribution in [3.63, 3.8) is 0 Å². The minimum absolute atomic E-state index is 0.388. The molecule has 0 bridgehead atoms. The van der Waals surface area contributed by atoms with Gasteiger partial charge in [-0.15, -0.1) is 0 Å². The first kappa shape index (κ1) is 9.74. The smallest absolute Gasteiger partial charge is 0.129 e. The molecule has 0 spiro atoms. The fourth-order valence-electron chi connectivity index (χ4n) is 2.05. The predicted octanol–water partition coefficient (Wildman–Crippen LogP) is 2.08. The van der Waals surface area contributed by atoms with E-state index < -0.39 is 5.60 Å². The highest BCUT2D eigenvalue weighted by Gasteiger charge is 2.35. The van der Waals surface area contributed by atoms with E-state index in [4.69, 9.17) is 17.3 Å². The van der Waals surface area contributed by atoms with Crippen LogP contribution in [-0.4, -0.2) is 10.1 Å². The van der Waals surface area contributed by atoms with Crippen molar-refractivity contribution in [2.24, 2.45) is 0 Å². The van der Waals surface area contributed by atoms with E-state index in [0.717, 1.165) is 25.7 Å². The summed E-state index contributed by atoms with van der Waals surface area (Å²) in [6.07, 6.45) is 5.06. The lowest BCUT2D eigenvalue weighted by atomic mass is 9.93. The van der Waals surface area contributed by atoms with Gasteiger partial charge in [-0.05, 0) is 18.9 Å². The second-order valence-electron chi connectivity index (χ2n) is 3.83. The van der Waals surface area contributed by atoms with Gasteiger partial charge in [0.2, 0.25) is 0 Å². The third-order valence-electron chi connectivity index (χ3n) is 2.82. The number of anilines is 1. The maximum absolute atomic E-state index is 10.3. The summed E-state index contributed by atoms with van der Waals surface area (Å²) in [5.41, 5.74) is 5.60. The van der Waals surface area contributed by atoms with Gasteiger partial charge in [-0.25, -0.2) is 4.98 Å². The molecule has 76 valence electrons. The third-order valence-corrected chi connectivity index (χ3v) is 3.02. The fraction of sp³-hybridized carbons (Fsp3) is 0.500. The first-order chi connectivity index (χ1) is 6.62. The van der Waals surface area contributed by atoms with Gasteiger partial charge >= 0.3 is 0 Å². The molecule has 2 rings (SSSR count). The number of rotatable bonds is 1. The van der Waals surface area contributed by atoms with Crippen LogP contribution in [0.25, 0.3) is 0 Å². The molecule has 1 aromatic heterocycles. The molecule has 0 atom stereocenters. The molecular weight excluding hydrogens is 200 g/mol. The van der Waals surface area contributed by atoms with E-state index in [1.807, 2.05) is 0 Å². The van der Waals surface area contributed by atoms with E-state index in [9.17, 15) is 5.11 Å². The van der Waals surface area contributed by atoms with Crippen molar-refractivity contribution in [2.45, 2.75) is 31.3 Å². The van der Waals surface area contributed by atoms with Gasteiger partial charge in [0.15, 0.2) is 0 Å². The molecule has 1 fully saturated rings. The van der Waals surface area contributed by atoms with Gasteiger partial charge in [-0.1, -0.05) is 24.4 Å². The van der Waals surface area contributed by atoms with Crippen LogP contribution in [0, 0.1) is 0 Å². The van der Waals surface area contributed by atoms with E-state index in [0.29, 0.717) is 16.4 Å². The Balaban J connectivity index is 2.44. The SMILES string of the molecule is Nc1ncc(Cl)cc1C1(O)CCCC1. The number of aliphatic hydroxyl groups is 1. The minimum Gasteiger partial charge on any atom is -0.385 e. The molecule has 3 nitrogen and oxygen atoms in total. The lowest BCUT2D eigenvalue weighted by Gasteiger charge is -2.23. The zero-order valence-electron chi connectivity index (χ0n) is 7.83. The monoisotopic (exact) mass is 212 g/mol. The Morgan fingerprint density at radius 1 is 1.43 bits per heavy atom. The predicted molar refractivity (Wildman–Crippen MR) is 56.0 cm³/mol. The number of nitrogen functional groups attached to an aromatic ring is 1. The Kier molecular flexibility index (Phi) is 2.37. The van der Waals surface area contributed by atoms with Crippen LogP contribution >= 0.6 is 11.6 Å². The number of nitrogens with zero attached hydrogens (tertiary/aromatic N) is 1. The zero-order valence-corrected chi connectivity index (χ0v) is 8.59. The molecule has 0 radical (unpaired) electrons. The molecular formula is C10H13ClN2O. The molecule has 3 N–H and O–H groups in total. The maximum atomic E-state index is 10.3. The summed E-state index contributed by atoms with van der Waals surface area (Å²) in [6.45, 7) is 0. The van der Waals surface area contributed by atoms with Gasteiger partial charge < -0.3 is 10.8 Å². The van der Waals surface area contributed by atoms with Crippen LogP contribution in [-0.2, 0) is 5.60 Å². The second kappa shape index (κ2) is 3.41. The maximum Gasteiger partial charge on any atom is 0.129 e. The van der Waals surface area contributed by atoms with Crippen LogP contribution < -0.4 is 5.73 Å². The van der Waals surface area contributed by atoms with Gasteiger partial charge in [-0.3, -0.25) is 0 Å². The lowest BCUT2D eigenvalue weighted by Crippen LogP contribution is -2.23. The largest absolute Gasteiger partial charge is 0.385 e. The topological polar surface area (TPSA) is 59.1 Å². The molecule has 0 aliphatic heterocycles. The molecule has 0 amide bonds. The summed E-state index contributed by atoms with van der Waals surface area (Å²) in [5, 5.41) is 10.8. The Labute approximate surface area is 87.9 Å². The van der Waals surface area contributed by atoms with Crippen molar-refractivity contribution in [1.82, 2.24) is 4.98 Å². The number of pyridine rings is 1. The van der Waals surface area contributed by atoms with Crippen LogP contribution in [0.1, 0.15) is 31.2 Å². The van der Waals surface area contributed by atoms with Gasteiger partial charge in [0.25, 0.3) is 0 Å². The number of aromatic nitrogens is 1. The number of hydrogen-bond acceptors (Lipinski definition) is 3. The lowest BCUT2D eigenvalue weighted by molar-refractivity contribution is 0.0450. The summed E-state index contributed by atoms with van der Waals surface area (Å²) in [6, 6.07) is 1.72. The Bertz CT molecular complexity index is 348. The van der Waals surface area contributed by atoms with E-state index in [-0.39, 0.29) is 0 Å². The third kappa shape index (κ3) is 1.57. The van der Waals surface area contributed by atoms with E-state index in [1.165, 1.54) is 6.20 Å². The number of halogens is 1. The summed E-state index contributed by atoms with van der Waals surface area (Å²) in [7, 11) is 0. The van der Waals surface area contributed by atoms with E-state index in [1.54, 1.807) is 6.07 Å². The van der Waals surface area contributed by atoms with Crippen molar-refractivity contribution in [3.8, 4) is 0 Å². The summed E-state index contributed by atoms with van der Waals surface area (Å²) in [5.74, 6) is 0.388. The van der Waals surface area contributed by atoms with Crippen molar-refractivity contribution in [2.75, 3.05) is 5.73 Å². The molecule has 0 aromatic carbocycles.